The van der Waals surface area contributed by atoms with Crippen LogP contribution in [0, 0.1) is 0 Å². The van der Waals surface area contributed by atoms with Crippen molar-refractivity contribution in [2.24, 2.45) is 0 Å². The first-order chi connectivity index (χ1) is 9.25. The van der Waals surface area contributed by atoms with Gasteiger partial charge in [0.05, 0.1) is 6.33 Å². The number of fused-ring (bicyclic) bond motifs is 3. The highest BCUT2D eigenvalue weighted by molar-refractivity contribution is 5.84. The van der Waals surface area contributed by atoms with E-state index in [0.717, 1.165) is 17.8 Å². The molecular weight excluding hydrogens is 248 g/mol. The van der Waals surface area contributed by atoms with Gasteiger partial charge in [-0.15, -0.1) is 10.2 Å². The number of H-pyrrole nitrogens is 1. The molecule has 2 N–H and O–H groups in total. The molecule has 0 aromatic carbocycles. The highest BCUT2D eigenvalue weighted by Gasteiger charge is 2.10. The number of nitrogens with zero attached hydrogens (tertiary/aromatic N) is 5. The van der Waals surface area contributed by atoms with Crippen molar-refractivity contribution in [1.29, 1.82) is 0 Å². The average molecular weight is 260 g/mol. The summed E-state index contributed by atoms with van der Waals surface area (Å²) < 4.78 is 1.81. The lowest BCUT2D eigenvalue weighted by Crippen LogP contribution is -1.99. The van der Waals surface area contributed by atoms with Crippen LogP contribution in [-0.2, 0) is 11.2 Å². The lowest BCUT2D eigenvalue weighted by Gasteiger charge is -1.99. The van der Waals surface area contributed by atoms with Crippen molar-refractivity contribution in [3.8, 4) is 0 Å². The Morgan fingerprint density at radius 2 is 2.21 bits per heavy atom. The molecule has 0 amide bonds. The molecule has 0 radical (unpaired) electrons. The van der Waals surface area contributed by atoms with Gasteiger partial charge in [-0.05, 0) is 12.8 Å². The number of unbranched alkanes of at least 4 members (excludes halogenated alkanes) is 1. The molecule has 98 valence electrons. The summed E-state index contributed by atoms with van der Waals surface area (Å²) in [5, 5.41) is 16.8. The van der Waals surface area contributed by atoms with Gasteiger partial charge in [-0.1, -0.05) is 0 Å². The van der Waals surface area contributed by atoms with Gasteiger partial charge in [0.15, 0.2) is 11.3 Å². The Balaban J connectivity index is 1.82. The maximum atomic E-state index is 10.4. The second kappa shape index (κ2) is 4.63. The molecule has 8 nitrogen and oxygen atoms in total. The highest BCUT2D eigenvalue weighted by atomic mass is 16.4. The maximum absolute atomic E-state index is 10.4. The summed E-state index contributed by atoms with van der Waals surface area (Å²) in [6, 6.07) is 0. The number of carbonyl (C=O) groups is 1. The van der Waals surface area contributed by atoms with Crippen molar-refractivity contribution in [3.63, 3.8) is 0 Å². The van der Waals surface area contributed by atoms with Crippen LogP contribution in [0.4, 0.5) is 0 Å². The van der Waals surface area contributed by atoms with Crippen LogP contribution < -0.4 is 0 Å². The van der Waals surface area contributed by atoms with Crippen molar-refractivity contribution in [2.45, 2.75) is 25.7 Å². The van der Waals surface area contributed by atoms with E-state index in [4.69, 9.17) is 5.11 Å². The van der Waals surface area contributed by atoms with E-state index in [1.165, 1.54) is 0 Å². The van der Waals surface area contributed by atoms with Gasteiger partial charge in [0.1, 0.15) is 17.7 Å². The Bertz CT molecular complexity index is 731. The summed E-state index contributed by atoms with van der Waals surface area (Å²) in [5.74, 6) is 0.0105. The average Bonchev–Trinajstić information content (AvgIpc) is 3.00. The first-order valence-corrected chi connectivity index (χ1v) is 5.99. The summed E-state index contributed by atoms with van der Waals surface area (Å²) in [6.07, 6.45) is 5.46. The van der Waals surface area contributed by atoms with Gasteiger partial charge < -0.3 is 10.1 Å². The van der Waals surface area contributed by atoms with Crippen LogP contribution in [0.2, 0.25) is 0 Å². The number of rotatable bonds is 5. The minimum Gasteiger partial charge on any atom is -0.481 e. The molecule has 0 atom stereocenters. The Morgan fingerprint density at radius 1 is 1.32 bits per heavy atom. The molecule has 19 heavy (non-hydrogen) atoms. The van der Waals surface area contributed by atoms with Crippen molar-refractivity contribution in [2.75, 3.05) is 0 Å². The monoisotopic (exact) mass is 260 g/mol. The SMILES string of the molecule is O=C(O)CCCCc1nnc2c3[nH]cnc3ncn12. The molecule has 3 rings (SSSR count). The number of carboxylic acids is 1. The van der Waals surface area contributed by atoms with E-state index in [1.54, 1.807) is 17.1 Å². The molecule has 0 spiro atoms. The van der Waals surface area contributed by atoms with Crippen molar-refractivity contribution in [1.82, 2.24) is 29.5 Å². The molecule has 0 fully saturated rings. The van der Waals surface area contributed by atoms with Gasteiger partial charge in [0.25, 0.3) is 0 Å². The van der Waals surface area contributed by atoms with Crippen LogP contribution in [0.3, 0.4) is 0 Å². The largest absolute Gasteiger partial charge is 0.481 e. The van der Waals surface area contributed by atoms with Crippen LogP contribution in [0.1, 0.15) is 25.1 Å². The fraction of sp³-hybridized carbons (Fsp3) is 0.364. The van der Waals surface area contributed by atoms with Crippen LogP contribution >= 0.6 is 0 Å². The lowest BCUT2D eigenvalue weighted by atomic mass is 10.2. The summed E-state index contributed by atoms with van der Waals surface area (Å²) in [7, 11) is 0. The number of aliphatic carboxylic acids is 1. The summed E-state index contributed by atoms with van der Waals surface area (Å²) in [6.45, 7) is 0. The number of hydrogen-bond acceptors (Lipinski definition) is 5. The van der Waals surface area contributed by atoms with E-state index < -0.39 is 5.97 Å². The normalized spacial score (nSPS) is 11.4. The van der Waals surface area contributed by atoms with Gasteiger partial charge in [-0.2, -0.15) is 0 Å². The third-order valence-corrected chi connectivity index (χ3v) is 2.95. The molecule has 8 heteroatoms. The fourth-order valence-electron chi connectivity index (χ4n) is 2.01. The molecule has 0 saturated carbocycles. The van der Waals surface area contributed by atoms with E-state index in [1.807, 2.05) is 0 Å². The fourth-order valence-corrected chi connectivity index (χ4v) is 2.01. The third kappa shape index (κ3) is 2.12. The van der Waals surface area contributed by atoms with Gasteiger partial charge in [-0.3, -0.25) is 9.20 Å². The Labute approximate surface area is 107 Å². The zero-order valence-electron chi connectivity index (χ0n) is 10.1. The zero-order valence-corrected chi connectivity index (χ0v) is 10.1. The molecular formula is C11H12N6O2. The number of hydrogen-bond donors (Lipinski definition) is 2. The molecule has 0 aliphatic carbocycles. The van der Waals surface area contributed by atoms with Gasteiger partial charge in [0, 0.05) is 12.8 Å². The first kappa shape index (κ1) is 11.6. The number of carboxylic acid groups (broad SMARTS) is 1. The minimum atomic E-state index is -0.771. The van der Waals surface area contributed by atoms with Gasteiger partial charge >= 0.3 is 5.97 Å². The Kier molecular flexibility index (Phi) is 2.82. The lowest BCUT2D eigenvalue weighted by molar-refractivity contribution is -0.137. The van der Waals surface area contributed by atoms with Crippen LogP contribution in [-0.4, -0.2) is 40.6 Å². The van der Waals surface area contributed by atoms with E-state index >= 15 is 0 Å². The van der Waals surface area contributed by atoms with Crippen molar-refractivity contribution < 1.29 is 9.90 Å². The molecule has 0 bridgehead atoms. The van der Waals surface area contributed by atoms with E-state index in [2.05, 4.69) is 25.1 Å². The second-order valence-corrected chi connectivity index (χ2v) is 4.26. The Morgan fingerprint density at radius 3 is 3.05 bits per heavy atom. The molecule has 0 aliphatic rings. The highest BCUT2D eigenvalue weighted by Crippen LogP contribution is 2.14. The molecule has 0 saturated heterocycles. The van der Waals surface area contributed by atoms with E-state index in [9.17, 15) is 4.79 Å². The quantitative estimate of drug-likeness (QED) is 0.656. The van der Waals surface area contributed by atoms with E-state index in [-0.39, 0.29) is 6.42 Å². The molecule has 0 aliphatic heterocycles. The van der Waals surface area contributed by atoms with Crippen molar-refractivity contribution in [3.05, 3.63) is 18.5 Å². The summed E-state index contributed by atoms with van der Waals surface area (Å²) >= 11 is 0. The molecule has 3 aromatic heterocycles. The standard InChI is InChI=1S/C11H12N6O2/c18-8(19)4-2-1-3-7-15-16-11-9-10(13-5-12-9)14-6-17(7)11/h5-6H,1-4H2,(H,12,13)(H,18,19). The van der Waals surface area contributed by atoms with Crippen LogP contribution in [0.15, 0.2) is 12.7 Å². The summed E-state index contributed by atoms with van der Waals surface area (Å²) in [4.78, 5) is 21.7. The minimum absolute atomic E-state index is 0.180. The van der Waals surface area contributed by atoms with E-state index in [0.29, 0.717) is 24.1 Å². The number of aromatic amines is 1. The topological polar surface area (TPSA) is 109 Å². The second-order valence-electron chi connectivity index (χ2n) is 4.26. The first-order valence-electron chi connectivity index (χ1n) is 5.99. The van der Waals surface area contributed by atoms with Crippen molar-refractivity contribution >= 4 is 22.8 Å². The number of aromatic nitrogens is 6. The van der Waals surface area contributed by atoms with Gasteiger partial charge in [0.2, 0.25) is 0 Å². The molecule has 0 unspecified atom stereocenters. The predicted octanol–water partition coefficient (Wildman–Crippen LogP) is 0.798. The number of nitrogens with one attached hydrogen (secondary N) is 1. The molecule has 3 aromatic rings. The number of aryl methyl sites for hydroxylation is 1. The van der Waals surface area contributed by atoms with Gasteiger partial charge in [-0.25, -0.2) is 9.97 Å². The summed E-state index contributed by atoms with van der Waals surface area (Å²) in [5.41, 5.74) is 2.06. The maximum Gasteiger partial charge on any atom is 0.303 e. The van der Waals surface area contributed by atoms with Crippen LogP contribution in [0.25, 0.3) is 16.8 Å². The number of imidazole rings is 1. The van der Waals surface area contributed by atoms with Crippen LogP contribution in [0.5, 0.6) is 0 Å². The molecule has 3 heterocycles. The Hall–Kier alpha value is -2.51. The zero-order chi connectivity index (χ0) is 13.2. The smallest absolute Gasteiger partial charge is 0.303 e. The third-order valence-electron chi connectivity index (χ3n) is 2.95. The predicted molar refractivity (Wildman–Crippen MR) is 65.6 cm³/mol.